The molecule has 1 unspecified atom stereocenters. The van der Waals surface area contributed by atoms with Crippen LogP contribution in [0.2, 0.25) is 0 Å². The smallest absolute Gasteiger partial charge is 0.451 e. The van der Waals surface area contributed by atoms with E-state index in [9.17, 15) is 18.0 Å². The highest BCUT2D eigenvalue weighted by molar-refractivity contribution is 7.14. The average molecular weight is 482 g/mol. The lowest BCUT2D eigenvalue weighted by Crippen LogP contribution is -2.38. The first-order valence-electron chi connectivity index (χ1n) is 9.82. The quantitative estimate of drug-likeness (QED) is 0.527. The molecule has 1 N–H and O–H groups in total. The van der Waals surface area contributed by atoms with Gasteiger partial charge in [-0.15, -0.1) is 11.3 Å². The number of nitrogens with one attached hydrogen (secondary N) is 1. The Morgan fingerprint density at radius 3 is 2.45 bits per heavy atom. The number of rotatable bonds is 6. The first-order chi connectivity index (χ1) is 15.6. The summed E-state index contributed by atoms with van der Waals surface area (Å²) >= 11 is 1.27. The number of hydrogen-bond acceptors (Lipinski definition) is 7. The molecule has 1 atom stereocenters. The Balaban J connectivity index is 1.60. The third-order valence-corrected chi connectivity index (χ3v) is 5.77. The number of aryl methyl sites for hydroxylation is 1. The predicted molar refractivity (Wildman–Crippen MR) is 110 cm³/mol. The molecule has 3 aromatic rings. The van der Waals surface area contributed by atoms with Gasteiger partial charge >= 0.3 is 6.18 Å². The molecule has 1 aliphatic rings. The molecule has 1 saturated heterocycles. The molecule has 0 radical (unpaired) electrons. The number of hydrogen-bond donors (Lipinski definition) is 1. The maximum absolute atomic E-state index is 15.3. The number of carbonyl (C=O) groups excluding carboxylic acids is 1. The molecule has 2 aromatic heterocycles. The Morgan fingerprint density at radius 2 is 1.91 bits per heavy atom. The van der Waals surface area contributed by atoms with E-state index in [1.807, 2.05) is 6.92 Å². The van der Waals surface area contributed by atoms with Gasteiger partial charge in [-0.25, -0.2) is 19.3 Å². The normalized spacial score (nSPS) is 15.1. The predicted octanol–water partition coefficient (Wildman–Crippen LogP) is 4.34. The Morgan fingerprint density at radius 1 is 1.21 bits per heavy atom. The van der Waals surface area contributed by atoms with Crippen LogP contribution in [0, 0.1) is 12.7 Å². The van der Waals surface area contributed by atoms with Gasteiger partial charge in [0, 0.05) is 29.0 Å². The Hall–Kier alpha value is -3.12. The highest BCUT2D eigenvalue weighted by Gasteiger charge is 2.34. The molecule has 7 nitrogen and oxygen atoms in total. The second-order valence-electron chi connectivity index (χ2n) is 7.42. The summed E-state index contributed by atoms with van der Waals surface area (Å²) in [6.07, 6.45) is -1.35. The summed E-state index contributed by atoms with van der Waals surface area (Å²) in [5.74, 6) is -2.56. The summed E-state index contributed by atoms with van der Waals surface area (Å²) in [5.41, 5.74) is 0.0586. The summed E-state index contributed by atoms with van der Waals surface area (Å²) < 4.78 is 64.2. The monoisotopic (exact) mass is 482 g/mol. The Kier molecular flexibility index (Phi) is 6.30. The second kappa shape index (κ2) is 9.02. The molecular weight excluding hydrogens is 464 g/mol. The fraction of sp³-hybridized carbons (Fsp3) is 0.333. The van der Waals surface area contributed by atoms with E-state index in [1.54, 1.807) is 6.20 Å². The number of nitrogens with zero attached hydrogens (tertiary/aromatic N) is 3. The van der Waals surface area contributed by atoms with Crippen molar-refractivity contribution in [2.75, 3.05) is 13.2 Å². The number of benzene rings is 1. The van der Waals surface area contributed by atoms with Crippen molar-refractivity contribution in [2.45, 2.75) is 32.2 Å². The lowest BCUT2D eigenvalue weighted by Gasteiger charge is -2.27. The Bertz CT molecular complexity index is 1160. The van der Waals surface area contributed by atoms with Gasteiger partial charge in [0.2, 0.25) is 5.82 Å². The molecule has 1 aliphatic heterocycles. The van der Waals surface area contributed by atoms with E-state index >= 15 is 4.39 Å². The van der Waals surface area contributed by atoms with Gasteiger partial charge in [-0.1, -0.05) is 0 Å². The van der Waals surface area contributed by atoms with E-state index < -0.39 is 29.8 Å². The number of carbonyl (C=O) groups is 1. The lowest BCUT2D eigenvalue weighted by atomic mass is 10.1. The highest BCUT2D eigenvalue weighted by Crippen LogP contribution is 2.34. The Labute approximate surface area is 189 Å². The average Bonchev–Trinajstić information content (AvgIpc) is 3.17. The van der Waals surface area contributed by atoms with Gasteiger partial charge in [-0.3, -0.25) is 4.79 Å². The van der Waals surface area contributed by atoms with E-state index in [-0.39, 0.29) is 28.5 Å². The SMILES string of the molecule is Cc1cnc(-c2cc(OC3COC3)cc(C(=O)NC(C)c3cnc(C(F)(F)F)nc3)c2F)s1. The first-order valence-corrected chi connectivity index (χ1v) is 10.6. The van der Waals surface area contributed by atoms with Crippen LogP contribution in [-0.2, 0) is 10.9 Å². The molecule has 0 spiro atoms. The van der Waals surface area contributed by atoms with Crippen molar-refractivity contribution in [2.24, 2.45) is 0 Å². The number of aromatic nitrogens is 3. The van der Waals surface area contributed by atoms with Gasteiger partial charge in [0.1, 0.15) is 22.7 Å². The van der Waals surface area contributed by atoms with E-state index in [0.717, 1.165) is 17.3 Å². The minimum atomic E-state index is -4.68. The highest BCUT2D eigenvalue weighted by atomic mass is 32.1. The van der Waals surface area contributed by atoms with Gasteiger partial charge in [-0.05, 0) is 26.0 Å². The second-order valence-corrected chi connectivity index (χ2v) is 8.65. The third kappa shape index (κ3) is 5.11. The minimum Gasteiger partial charge on any atom is -0.486 e. The fourth-order valence-electron chi connectivity index (χ4n) is 3.01. The molecular formula is C21H18F4N4O3S. The molecule has 0 aliphatic carbocycles. The minimum absolute atomic E-state index is 0.113. The zero-order valence-electron chi connectivity index (χ0n) is 17.4. The van der Waals surface area contributed by atoms with Crippen LogP contribution >= 0.6 is 11.3 Å². The van der Waals surface area contributed by atoms with Gasteiger partial charge < -0.3 is 14.8 Å². The largest absolute Gasteiger partial charge is 0.486 e. The summed E-state index contributed by atoms with van der Waals surface area (Å²) in [5, 5.41) is 2.95. The van der Waals surface area contributed by atoms with Crippen LogP contribution in [0.15, 0.2) is 30.7 Å². The molecule has 0 bridgehead atoms. The van der Waals surface area contributed by atoms with Crippen LogP contribution in [-0.4, -0.2) is 40.2 Å². The molecule has 12 heteroatoms. The molecule has 1 fully saturated rings. The van der Waals surface area contributed by atoms with Crippen molar-refractivity contribution >= 4 is 17.2 Å². The van der Waals surface area contributed by atoms with Gasteiger partial charge in [0.05, 0.1) is 30.4 Å². The van der Waals surface area contributed by atoms with Crippen molar-refractivity contribution < 1.29 is 31.8 Å². The summed E-state index contributed by atoms with van der Waals surface area (Å²) in [7, 11) is 0. The maximum Gasteiger partial charge on any atom is 0.451 e. The van der Waals surface area contributed by atoms with Crippen LogP contribution in [0.3, 0.4) is 0 Å². The van der Waals surface area contributed by atoms with Crippen molar-refractivity contribution in [3.8, 4) is 16.3 Å². The molecule has 1 amide bonds. The van der Waals surface area contributed by atoms with Crippen LogP contribution in [0.25, 0.3) is 10.6 Å². The lowest BCUT2D eigenvalue weighted by molar-refractivity contribution is -0.145. The summed E-state index contributed by atoms with van der Waals surface area (Å²) in [6, 6.07) is 1.98. The number of amides is 1. The van der Waals surface area contributed by atoms with Crippen LogP contribution < -0.4 is 10.1 Å². The van der Waals surface area contributed by atoms with Gasteiger partial charge in [0.15, 0.2) is 0 Å². The topological polar surface area (TPSA) is 86.2 Å². The number of alkyl halides is 3. The van der Waals surface area contributed by atoms with Crippen molar-refractivity contribution in [3.05, 3.63) is 58.4 Å². The number of halogens is 4. The molecule has 174 valence electrons. The standard InChI is InChI=1S/C21H18F4N4O3S/c1-10-5-26-19(33-10)16-4-13(32-14-8-31-9-14)3-15(17(16)22)18(30)29-11(2)12-6-27-20(28-7-12)21(23,24)25/h3-7,11,14H,8-9H2,1-2H3,(H,29,30). The van der Waals surface area contributed by atoms with Crippen molar-refractivity contribution in [3.63, 3.8) is 0 Å². The molecule has 3 heterocycles. The van der Waals surface area contributed by atoms with Crippen LogP contribution in [0.1, 0.15) is 39.6 Å². The van der Waals surface area contributed by atoms with E-state index in [1.165, 1.54) is 30.4 Å². The zero-order chi connectivity index (χ0) is 23.8. The number of ether oxygens (including phenoxy) is 2. The zero-order valence-corrected chi connectivity index (χ0v) is 18.3. The van der Waals surface area contributed by atoms with Crippen molar-refractivity contribution in [1.82, 2.24) is 20.3 Å². The third-order valence-electron chi connectivity index (χ3n) is 4.83. The molecule has 1 aromatic carbocycles. The molecule has 4 rings (SSSR count). The molecule has 33 heavy (non-hydrogen) atoms. The summed E-state index contributed by atoms with van der Waals surface area (Å²) in [4.78, 5) is 24.6. The van der Waals surface area contributed by atoms with Gasteiger partial charge in [0.25, 0.3) is 5.91 Å². The number of thiazole rings is 1. The van der Waals surface area contributed by atoms with Crippen molar-refractivity contribution in [1.29, 1.82) is 0 Å². The fourth-order valence-corrected chi connectivity index (χ4v) is 3.78. The van der Waals surface area contributed by atoms with E-state index in [4.69, 9.17) is 9.47 Å². The molecule has 0 saturated carbocycles. The van der Waals surface area contributed by atoms with Gasteiger partial charge in [-0.2, -0.15) is 13.2 Å². The van der Waals surface area contributed by atoms with Crippen LogP contribution in [0.4, 0.5) is 17.6 Å². The van der Waals surface area contributed by atoms with Crippen LogP contribution in [0.5, 0.6) is 5.75 Å². The van der Waals surface area contributed by atoms with E-state index in [0.29, 0.717) is 18.2 Å². The summed E-state index contributed by atoms with van der Waals surface area (Å²) in [6.45, 7) is 4.12. The first kappa shape index (κ1) is 23.1. The maximum atomic E-state index is 15.3. The van der Waals surface area contributed by atoms with E-state index in [2.05, 4.69) is 20.3 Å².